The number of carbonyl (C=O) groups is 2. The fourth-order valence-corrected chi connectivity index (χ4v) is 6.45. The average Bonchev–Trinajstić information content (AvgIpc) is 2.99. The number of nitrogens with zero attached hydrogens (tertiary/aromatic N) is 2. The summed E-state index contributed by atoms with van der Waals surface area (Å²) in [5.74, 6) is -0.799. The van der Waals surface area contributed by atoms with Crippen molar-refractivity contribution >= 4 is 43.5 Å². The molecule has 7 nitrogen and oxygen atoms in total. The van der Waals surface area contributed by atoms with Crippen molar-refractivity contribution in [1.29, 1.82) is 0 Å². The summed E-state index contributed by atoms with van der Waals surface area (Å²) < 4.78 is 30.2. The normalized spacial score (nSPS) is 11.9. The molecule has 4 aromatic carbocycles. The molecule has 1 unspecified atom stereocenters. The summed E-state index contributed by atoms with van der Waals surface area (Å²) in [5.41, 5.74) is 3.83. The highest BCUT2D eigenvalue weighted by Crippen LogP contribution is 2.26. The van der Waals surface area contributed by atoms with Crippen molar-refractivity contribution in [2.75, 3.05) is 17.4 Å². The minimum atomic E-state index is -4.13. The molecule has 1 N–H and O–H groups in total. The number of carbonyl (C=O) groups excluding carboxylic acids is 2. The van der Waals surface area contributed by atoms with Gasteiger partial charge in [0.1, 0.15) is 12.6 Å². The molecule has 4 rings (SSSR count). The van der Waals surface area contributed by atoms with Gasteiger partial charge in [-0.2, -0.15) is 0 Å². The number of halogens is 1. The Bertz CT molecular complexity index is 1640. The molecule has 0 saturated heterocycles. The number of hydrogen-bond acceptors (Lipinski definition) is 4. The van der Waals surface area contributed by atoms with Gasteiger partial charge in [-0.05, 0) is 73.9 Å². The molecular weight excluding hydrogens is 626 g/mol. The van der Waals surface area contributed by atoms with Gasteiger partial charge in [-0.15, -0.1) is 0 Å². The van der Waals surface area contributed by atoms with Crippen LogP contribution in [-0.2, 0) is 32.6 Å². The number of likely N-dealkylation sites (N-methyl/N-ethyl adjacent to an activating group) is 1. The first-order chi connectivity index (χ1) is 20.6. The summed E-state index contributed by atoms with van der Waals surface area (Å²) in [4.78, 5) is 29.5. The Hall–Kier alpha value is -3.95. The second kappa shape index (κ2) is 14.5. The molecule has 1 atom stereocenters. The largest absolute Gasteiger partial charge is 0.355 e. The summed E-state index contributed by atoms with van der Waals surface area (Å²) in [6.07, 6.45) is 0.268. The lowest BCUT2D eigenvalue weighted by atomic mass is 10.0. The Morgan fingerprint density at radius 2 is 1.49 bits per heavy atom. The second-order valence-corrected chi connectivity index (χ2v) is 13.2. The first-order valence-corrected chi connectivity index (χ1v) is 16.3. The van der Waals surface area contributed by atoms with Crippen molar-refractivity contribution in [3.63, 3.8) is 0 Å². The highest BCUT2D eigenvalue weighted by atomic mass is 79.9. The van der Waals surface area contributed by atoms with Crippen molar-refractivity contribution in [3.8, 4) is 0 Å². The van der Waals surface area contributed by atoms with E-state index >= 15 is 0 Å². The van der Waals surface area contributed by atoms with Crippen molar-refractivity contribution in [2.24, 2.45) is 0 Å². The summed E-state index contributed by atoms with van der Waals surface area (Å²) in [6.45, 7) is 5.60. The van der Waals surface area contributed by atoms with E-state index in [4.69, 9.17) is 0 Å². The van der Waals surface area contributed by atoms with Crippen LogP contribution in [0.1, 0.15) is 29.2 Å². The molecule has 0 bridgehead atoms. The van der Waals surface area contributed by atoms with Crippen molar-refractivity contribution in [2.45, 2.75) is 44.7 Å². The van der Waals surface area contributed by atoms with Gasteiger partial charge in [-0.3, -0.25) is 13.9 Å². The smallest absolute Gasteiger partial charge is 0.264 e. The molecule has 0 aliphatic rings. The predicted octanol–water partition coefficient (Wildman–Crippen LogP) is 6.04. The Morgan fingerprint density at radius 3 is 2.12 bits per heavy atom. The Morgan fingerprint density at radius 1 is 0.814 bits per heavy atom. The number of hydrogen-bond donors (Lipinski definition) is 1. The number of benzene rings is 4. The molecule has 0 heterocycles. The molecule has 0 aliphatic carbocycles. The summed E-state index contributed by atoms with van der Waals surface area (Å²) in [5, 5.41) is 2.88. The van der Waals surface area contributed by atoms with E-state index in [9.17, 15) is 18.0 Å². The molecule has 0 aliphatic heterocycles. The molecule has 0 saturated carbocycles. The third-order valence-corrected chi connectivity index (χ3v) is 9.38. The van der Waals surface area contributed by atoms with Crippen LogP contribution < -0.4 is 9.62 Å². The average molecular weight is 663 g/mol. The first-order valence-electron chi connectivity index (χ1n) is 14.1. The van der Waals surface area contributed by atoms with E-state index in [2.05, 4.69) is 21.2 Å². The van der Waals surface area contributed by atoms with Gasteiger partial charge in [0, 0.05) is 24.0 Å². The van der Waals surface area contributed by atoms with Gasteiger partial charge in [0.2, 0.25) is 11.8 Å². The van der Waals surface area contributed by atoms with Gasteiger partial charge < -0.3 is 10.2 Å². The third kappa shape index (κ3) is 8.33. The zero-order chi connectivity index (χ0) is 31.0. The molecule has 0 spiro atoms. The van der Waals surface area contributed by atoms with E-state index in [-0.39, 0.29) is 23.8 Å². The molecule has 43 heavy (non-hydrogen) atoms. The third-order valence-electron chi connectivity index (χ3n) is 7.07. The summed E-state index contributed by atoms with van der Waals surface area (Å²) in [6, 6.07) is 29.7. The van der Waals surface area contributed by atoms with Crippen LogP contribution in [-0.4, -0.2) is 44.3 Å². The number of aryl methyl sites for hydroxylation is 2. The topological polar surface area (TPSA) is 86.8 Å². The van der Waals surface area contributed by atoms with Crippen LogP contribution in [0.25, 0.3) is 0 Å². The Balaban J connectivity index is 1.79. The van der Waals surface area contributed by atoms with E-state index < -0.39 is 28.5 Å². The van der Waals surface area contributed by atoms with E-state index in [0.717, 1.165) is 31.0 Å². The van der Waals surface area contributed by atoms with Crippen molar-refractivity contribution < 1.29 is 18.0 Å². The van der Waals surface area contributed by atoms with E-state index in [1.807, 2.05) is 81.4 Å². The number of nitrogens with one attached hydrogen (secondary N) is 1. The maximum absolute atomic E-state index is 14.4. The summed E-state index contributed by atoms with van der Waals surface area (Å²) in [7, 11) is -4.13. The van der Waals surface area contributed by atoms with Gasteiger partial charge in [0.15, 0.2) is 0 Å². The van der Waals surface area contributed by atoms with Crippen LogP contribution >= 0.6 is 15.9 Å². The molecular formula is C34H36BrN3O4S. The van der Waals surface area contributed by atoms with Gasteiger partial charge in [0.25, 0.3) is 10.0 Å². The molecule has 2 amide bonds. The highest BCUT2D eigenvalue weighted by molar-refractivity contribution is 9.10. The van der Waals surface area contributed by atoms with Gasteiger partial charge in [-0.25, -0.2) is 8.42 Å². The lowest BCUT2D eigenvalue weighted by Gasteiger charge is -2.34. The molecule has 9 heteroatoms. The fraction of sp³-hybridized carbons (Fsp3) is 0.235. The zero-order valence-corrected chi connectivity index (χ0v) is 26.9. The monoisotopic (exact) mass is 661 g/mol. The van der Waals surface area contributed by atoms with Gasteiger partial charge in [0.05, 0.1) is 10.6 Å². The Kier molecular flexibility index (Phi) is 10.8. The van der Waals surface area contributed by atoms with Gasteiger partial charge in [-0.1, -0.05) is 88.2 Å². The van der Waals surface area contributed by atoms with E-state index in [1.54, 1.807) is 42.5 Å². The SMILES string of the molecule is CCNC(=O)C(Cc1ccccc1)N(Cc1ccc(Br)cc1)C(=O)CN(c1cccc(C)c1)S(=O)(=O)c1ccc(C)cc1. The van der Waals surface area contributed by atoms with Crippen LogP contribution in [0.4, 0.5) is 5.69 Å². The van der Waals surface area contributed by atoms with Crippen molar-refractivity contribution in [1.82, 2.24) is 10.2 Å². The number of amides is 2. The van der Waals surface area contributed by atoms with Crippen LogP contribution in [0.15, 0.2) is 112 Å². The molecule has 0 aromatic heterocycles. The zero-order valence-electron chi connectivity index (χ0n) is 24.5. The highest BCUT2D eigenvalue weighted by Gasteiger charge is 2.34. The van der Waals surface area contributed by atoms with Crippen molar-refractivity contribution in [3.05, 3.63) is 130 Å². The number of sulfonamides is 1. The fourth-order valence-electron chi connectivity index (χ4n) is 4.78. The molecule has 0 fully saturated rings. The molecule has 224 valence electrons. The summed E-state index contributed by atoms with van der Waals surface area (Å²) >= 11 is 3.45. The first kappa shape index (κ1) is 32.0. The maximum atomic E-state index is 14.4. The predicted molar refractivity (Wildman–Crippen MR) is 174 cm³/mol. The van der Waals surface area contributed by atoms with Crippen LogP contribution in [0.2, 0.25) is 0 Å². The lowest BCUT2D eigenvalue weighted by Crippen LogP contribution is -2.53. The van der Waals surface area contributed by atoms with E-state index in [0.29, 0.717) is 12.2 Å². The van der Waals surface area contributed by atoms with E-state index in [1.165, 1.54) is 4.90 Å². The van der Waals surface area contributed by atoms with Crippen LogP contribution in [0.3, 0.4) is 0 Å². The standard InChI is InChI=1S/C34H36BrN3O4S/c1-4-36-34(40)32(22-27-10-6-5-7-11-27)37(23-28-15-17-29(35)18-16-28)33(39)24-38(30-12-8-9-26(3)21-30)43(41,42)31-19-13-25(2)14-20-31/h5-21,32H,4,22-24H2,1-3H3,(H,36,40). The number of rotatable bonds is 12. The van der Waals surface area contributed by atoms with Gasteiger partial charge >= 0.3 is 0 Å². The quantitative estimate of drug-likeness (QED) is 0.201. The number of anilines is 1. The molecule has 4 aromatic rings. The minimum absolute atomic E-state index is 0.0800. The van der Waals surface area contributed by atoms with Crippen LogP contribution in [0.5, 0.6) is 0 Å². The van der Waals surface area contributed by atoms with Crippen LogP contribution in [0, 0.1) is 13.8 Å². The lowest BCUT2D eigenvalue weighted by molar-refractivity contribution is -0.140. The second-order valence-electron chi connectivity index (χ2n) is 10.4. The Labute approximate surface area is 262 Å². The minimum Gasteiger partial charge on any atom is -0.355 e. The maximum Gasteiger partial charge on any atom is 0.264 e. The molecule has 0 radical (unpaired) electrons.